The first-order valence-electron chi connectivity index (χ1n) is 3.26. The maximum Gasteiger partial charge on any atom is 0.224 e. The van der Waals surface area contributed by atoms with Crippen LogP contribution in [0, 0.1) is 5.92 Å². The van der Waals surface area contributed by atoms with E-state index in [0.717, 1.165) is 0 Å². The van der Waals surface area contributed by atoms with Crippen molar-refractivity contribution in [1.29, 1.82) is 0 Å². The van der Waals surface area contributed by atoms with Gasteiger partial charge in [0.2, 0.25) is 9.70 Å². The number of nitrogens with one attached hydrogen (secondary N) is 1. The van der Waals surface area contributed by atoms with Crippen LogP contribution in [0.2, 0.25) is 0 Å². The predicted molar refractivity (Wildman–Crippen MR) is 52.9 cm³/mol. The highest BCUT2D eigenvalue weighted by Crippen LogP contribution is 2.32. The van der Waals surface area contributed by atoms with Gasteiger partial charge in [0, 0.05) is 5.92 Å². The smallest absolute Gasteiger partial charge is 0.224 e. The third kappa shape index (κ3) is 4.61. The summed E-state index contributed by atoms with van der Waals surface area (Å²) >= 11 is 21.8. The van der Waals surface area contributed by atoms with Crippen LogP contribution in [0.1, 0.15) is 13.8 Å². The van der Waals surface area contributed by atoms with Gasteiger partial charge in [-0.05, 0) is 0 Å². The van der Waals surface area contributed by atoms with Gasteiger partial charge in [-0.25, -0.2) is 0 Å². The Hall–Kier alpha value is 0.630. The highest BCUT2D eigenvalue weighted by atomic mass is 35.6. The Bertz CT molecular complexity index is 165. The van der Waals surface area contributed by atoms with Crippen molar-refractivity contribution in [2.75, 3.05) is 0 Å². The van der Waals surface area contributed by atoms with Crippen molar-refractivity contribution in [3.05, 3.63) is 0 Å². The molecule has 72 valence electrons. The second-order valence-electron chi connectivity index (χ2n) is 2.57. The van der Waals surface area contributed by atoms with Crippen LogP contribution >= 0.6 is 46.4 Å². The van der Waals surface area contributed by atoms with E-state index in [4.69, 9.17) is 46.4 Å². The zero-order chi connectivity index (χ0) is 9.94. The molecule has 0 heterocycles. The quantitative estimate of drug-likeness (QED) is 0.594. The van der Waals surface area contributed by atoms with Gasteiger partial charge in [-0.15, -0.1) is 0 Å². The van der Waals surface area contributed by atoms with E-state index in [1.807, 2.05) is 0 Å². The van der Waals surface area contributed by atoms with Gasteiger partial charge >= 0.3 is 0 Å². The molecule has 2 nitrogen and oxygen atoms in total. The Morgan fingerprint density at radius 3 is 2.00 bits per heavy atom. The maximum absolute atomic E-state index is 11.0. The molecule has 0 spiro atoms. The number of halogens is 4. The monoisotopic (exact) mass is 251 g/mol. The highest BCUT2D eigenvalue weighted by Gasteiger charge is 2.32. The van der Waals surface area contributed by atoms with E-state index in [9.17, 15) is 4.79 Å². The summed E-state index contributed by atoms with van der Waals surface area (Å²) in [6, 6.07) is 0. The molecule has 0 aliphatic heterocycles. The lowest BCUT2D eigenvalue weighted by atomic mass is 10.2. The fraction of sp³-hybridized carbons (Fsp3) is 0.833. The Kier molecular flexibility index (Phi) is 5.00. The van der Waals surface area contributed by atoms with E-state index in [1.54, 1.807) is 13.8 Å². The van der Waals surface area contributed by atoms with E-state index >= 15 is 0 Å². The molecule has 0 saturated carbocycles. The third-order valence-corrected chi connectivity index (χ3v) is 2.51. The van der Waals surface area contributed by atoms with E-state index in [-0.39, 0.29) is 11.8 Å². The maximum atomic E-state index is 11.0. The van der Waals surface area contributed by atoms with Crippen LogP contribution in [0.3, 0.4) is 0 Å². The lowest BCUT2D eigenvalue weighted by Crippen LogP contribution is -2.41. The molecule has 6 heteroatoms. The Morgan fingerprint density at radius 2 is 1.75 bits per heavy atom. The molecule has 1 amide bonds. The predicted octanol–water partition coefficient (Wildman–Crippen LogP) is 2.69. The van der Waals surface area contributed by atoms with Crippen LogP contribution in [0.15, 0.2) is 0 Å². The van der Waals surface area contributed by atoms with Crippen LogP contribution in [0.25, 0.3) is 0 Å². The molecule has 0 bridgehead atoms. The number of hydrogen-bond donors (Lipinski definition) is 1. The van der Waals surface area contributed by atoms with Gasteiger partial charge in [0.05, 0.1) is 0 Å². The molecule has 0 rings (SSSR count). The summed E-state index contributed by atoms with van der Waals surface area (Å²) in [6.07, 6.45) is 0. The number of hydrogen-bond acceptors (Lipinski definition) is 1. The Morgan fingerprint density at radius 1 is 1.33 bits per heavy atom. The van der Waals surface area contributed by atoms with Gasteiger partial charge in [0.15, 0.2) is 5.50 Å². The molecule has 0 saturated heterocycles. The van der Waals surface area contributed by atoms with E-state index in [1.165, 1.54) is 0 Å². The van der Waals surface area contributed by atoms with Crippen molar-refractivity contribution in [3.8, 4) is 0 Å². The van der Waals surface area contributed by atoms with E-state index < -0.39 is 9.29 Å². The minimum atomic E-state index is -1.67. The summed E-state index contributed by atoms with van der Waals surface area (Å²) in [5, 5.41) is 2.35. The van der Waals surface area contributed by atoms with E-state index in [0.29, 0.717) is 0 Å². The summed E-state index contributed by atoms with van der Waals surface area (Å²) in [7, 11) is 0. The SMILES string of the molecule is CC(C)C(=O)NC(Cl)C(Cl)(Cl)Cl. The van der Waals surface area contributed by atoms with Crippen LogP contribution in [-0.4, -0.2) is 15.2 Å². The average Bonchev–Trinajstić information content (AvgIpc) is 1.85. The molecule has 12 heavy (non-hydrogen) atoms. The Balaban J connectivity index is 4.02. The first-order valence-corrected chi connectivity index (χ1v) is 4.83. The second-order valence-corrected chi connectivity index (χ2v) is 5.37. The van der Waals surface area contributed by atoms with Gasteiger partial charge in [-0.2, -0.15) is 0 Å². The molecule has 1 N–H and O–H groups in total. The fourth-order valence-corrected chi connectivity index (χ4v) is 0.645. The molecule has 0 fully saturated rings. The van der Waals surface area contributed by atoms with Crippen molar-refractivity contribution in [2.45, 2.75) is 23.1 Å². The summed E-state index contributed by atoms with van der Waals surface area (Å²) in [5.41, 5.74) is -1.00. The van der Waals surface area contributed by atoms with Crippen molar-refractivity contribution < 1.29 is 4.79 Å². The van der Waals surface area contributed by atoms with Crippen molar-refractivity contribution in [3.63, 3.8) is 0 Å². The lowest BCUT2D eigenvalue weighted by molar-refractivity contribution is -0.124. The molecule has 1 atom stereocenters. The molecular formula is C6H9Cl4NO. The largest absolute Gasteiger partial charge is 0.336 e. The van der Waals surface area contributed by atoms with Crippen LogP contribution in [0.5, 0.6) is 0 Å². The van der Waals surface area contributed by atoms with Crippen LogP contribution in [0.4, 0.5) is 0 Å². The molecule has 0 radical (unpaired) electrons. The van der Waals surface area contributed by atoms with Gasteiger partial charge in [0.25, 0.3) is 0 Å². The molecule has 1 unspecified atom stereocenters. The zero-order valence-electron chi connectivity index (χ0n) is 6.57. The molecule has 0 aliphatic rings. The average molecular weight is 253 g/mol. The third-order valence-electron chi connectivity index (χ3n) is 1.08. The normalized spacial score (nSPS) is 14.6. The number of carbonyl (C=O) groups is 1. The van der Waals surface area contributed by atoms with Gasteiger partial charge in [0.1, 0.15) is 0 Å². The number of carbonyl (C=O) groups excluding carboxylic acids is 1. The van der Waals surface area contributed by atoms with Gasteiger partial charge in [-0.1, -0.05) is 60.3 Å². The minimum absolute atomic E-state index is 0.182. The second kappa shape index (κ2) is 4.75. The minimum Gasteiger partial charge on any atom is -0.336 e. The van der Waals surface area contributed by atoms with Gasteiger partial charge < -0.3 is 5.32 Å². The summed E-state index contributed by atoms with van der Waals surface area (Å²) in [5.74, 6) is -0.431. The molecule has 0 aromatic carbocycles. The summed E-state index contributed by atoms with van der Waals surface area (Å²) < 4.78 is -1.67. The molecule has 0 aromatic heterocycles. The van der Waals surface area contributed by atoms with Crippen LogP contribution < -0.4 is 5.32 Å². The zero-order valence-corrected chi connectivity index (χ0v) is 9.60. The topological polar surface area (TPSA) is 29.1 Å². The first-order chi connectivity index (χ1) is 5.25. The van der Waals surface area contributed by atoms with E-state index in [2.05, 4.69) is 5.32 Å². The highest BCUT2D eigenvalue weighted by molar-refractivity contribution is 6.70. The number of alkyl halides is 4. The fourth-order valence-electron chi connectivity index (χ4n) is 0.373. The van der Waals surface area contributed by atoms with Crippen molar-refractivity contribution >= 4 is 52.3 Å². The molecular weight excluding hydrogens is 244 g/mol. The van der Waals surface area contributed by atoms with Crippen molar-refractivity contribution in [2.24, 2.45) is 5.92 Å². The Labute approximate surface area is 91.5 Å². The van der Waals surface area contributed by atoms with Crippen molar-refractivity contribution in [1.82, 2.24) is 5.32 Å². The summed E-state index contributed by atoms with van der Waals surface area (Å²) in [6.45, 7) is 3.44. The lowest BCUT2D eigenvalue weighted by Gasteiger charge is -2.20. The number of amides is 1. The van der Waals surface area contributed by atoms with Gasteiger partial charge in [-0.3, -0.25) is 4.79 Å². The molecule has 0 aromatic rings. The summed E-state index contributed by atoms with van der Waals surface area (Å²) in [4.78, 5) is 11.0. The number of rotatable bonds is 2. The standard InChI is InChI=1S/C6H9Cl4NO/c1-3(2)4(12)11-5(7)6(8,9)10/h3,5H,1-2H3,(H,11,12). The van der Waals surface area contributed by atoms with Crippen LogP contribution in [-0.2, 0) is 4.79 Å². The first kappa shape index (κ1) is 12.6. The molecule has 0 aliphatic carbocycles.